The third-order valence-electron chi connectivity index (χ3n) is 7.43. The summed E-state index contributed by atoms with van der Waals surface area (Å²) in [6, 6.07) is 17.1. The zero-order valence-electron chi connectivity index (χ0n) is 22.1. The monoisotopic (exact) mass is 540 g/mol. The van der Waals surface area contributed by atoms with E-state index >= 15 is 0 Å². The largest absolute Gasteiger partial charge is 0.350 e. The van der Waals surface area contributed by atoms with Crippen LogP contribution in [0.4, 0.5) is 0 Å². The highest BCUT2D eigenvalue weighted by molar-refractivity contribution is 5.97. The van der Waals surface area contributed by atoms with E-state index < -0.39 is 0 Å². The highest BCUT2D eigenvalue weighted by atomic mass is 16.2. The molecule has 1 fully saturated rings. The molecule has 1 aromatic carbocycles. The summed E-state index contributed by atoms with van der Waals surface area (Å²) >= 11 is 0. The highest BCUT2D eigenvalue weighted by Crippen LogP contribution is 2.28. The molecule has 10 heteroatoms. The summed E-state index contributed by atoms with van der Waals surface area (Å²) in [5.74, 6) is -0.667. The van der Waals surface area contributed by atoms with Crippen molar-refractivity contribution in [2.24, 2.45) is 11.8 Å². The average molecular weight is 541 g/mol. The fraction of sp³-hybridized carbons (Fsp3) is 0.333. The molecule has 40 heavy (non-hydrogen) atoms. The minimum absolute atomic E-state index is 0.175. The normalized spacial score (nSPS) is 20.7. The van der Waals surface area contributed by atoms with Crippen LogP contribution in [0, 0.1) is 11.8 Å². The van der Waals surface area contributed by atoms with Gasteiger partial charge in [-0.15, -0.1) is 0 Å². The lowest BCUT2D eigenvalue weighted by Gasteiger charge is -2.28. The summed E-state index contributed by atoms with van der Waals surface area (Å²) in [5, 5.41) is 11.6. The molecular weight excluding hydrogens is 508 g/mol. The molecular formula is C30H32N6O4. The van der Waals surface area contributed by atoms with Gasteiger partial charge in [-0.1, -0.05) is 36.4 Å². The molecule has 0 radical (unpaired) electrons. The van der Waals surface area contributed by atoms with E-state index in [4.69, 9.17) is 0 Å². The Morgan fingerprint density at radius 1 is 0.475 bits per heavy atom. The molecule has 4 amide bonds. The summed E-state index contributed by atoms with van der Waals surface area (Å²) < 4.78 is 0. The summed E-state index contributed by atoms with van der Waals surface area (Å²) in [7, 11) is 0. The Kier molecular flexibility index (Phi) is 8.44. The summed E-state index contributed by atoms with van der Waals surface area (Å²) in [6.45, 7) is 1.63. The van der Waals surface area contributed by atoms with Crippen LogP contribution in [0.1, 0.15) is 78.8 Å². The van der Waals surface area contributed by atoms with Crippen molar-refractivity contribution in [3.8, 4) is 0 Å². The predicted molar refractivity (Wildman–Crippen MR) is 147 cm³/mol. The molecule has 3 aromatic rings. The van der Waals surface area contributed by atoms with Gasteiger partial charge in [-0.3, -0.25) is 19.2 Å². The quantitative estimate of drug-likeness (QED) is 0.345. The third kappa shape index (κ3) is 6.88. The lowest BCUT2D eigenvalue weighted by atomic mass is 9.82. The van der Waals surface area contributed by atoms with Crippen molar-refractivity contribution in [1.29, 1.82) is 0 Å². The standard InChI is InChI=1S/C30H32N6O4/c37-27-23-3-1-4-24(35-23)28(38)32-16-20-9-13-22(14-10-20)18-34-30(40)26-6-2-5-25(36-26)29(39)33-17-21-11-7-19(8-12-21)15-31-27/h1-8,11-12,20,22H,9-10,13-18H2,(H,31,37)(H,32,38)(H,33,39)(H,34,40). The molecule has 206 valence electrons. The molecule has 10 nitrogen and oxygen atoms in total. The van der Waals surface area contributed by atoms with Gasteiger partial charge in [0.05, 0.1) is 0 Å². The van der Waals surface area contributed by atoms with Crippen molar-refractivity contribution >= 4 is 23.6 Å². The van der Waals surface area contributed by atoms with Crippen LogP contribution in [0.3, 0.4) is 0 Å². The summed E-state index contributed by atoms with van der Waals surface area (Å²) in [6.07, 6.45) is 3.74. The van der Waals surface area contributed by atoms with Gasteiger partial charge >= 0.3 is 0 Å². The Morgan fingerprint density at radius 3 is 1.15 bits per heavy atom. The second-order valence-electron chi connectivity index (χ2n) is 10.3. The minimum atomic E-state index is -0.368. The zero-order chi connectivity index (χ0) is 27.9. The molecule has 0 unspecified atom stereocenters. The van der Waals surface area contributed by atoms with Crippen LogP contribution in [0.5, 0.6) is 0 Å². The van der Waals surface area contributed by atoms with Crippen LogP contribution < -0.4 is 21.3 Å². The number of aromatic nitrogens is 2. The maximum absolute atomic E-state index is 12.7. The lowest BCUT2D eigenvalue weighted by Crippen LogP contribution is -2.35. The topological polar surface area (TPSA) is 142 Å². The van der Waals surface area contributed by atoms with Gasteiger partial charge in [0.1, 0.15) is 22.8 Å². The highest BCUT2D eigenvalue weighted by Gasteiger charge is 2.23. The van der Waals surface area contributed by atoms with Gasteiger partial charge in [-0.05, 0) is 72.9 Å². The molecule has 1 saturated carbocycles. The molecule has 0 atom stereocenters. The smallest absolute Gasteiger partial charge is 0.270 e. The van der Waals surface area contributed by atoms with Gasteiger partial charge in [0, 0.05) is 26.2 Å². The van der Waals surface area contributed by atoms with Gasteiger partial charge < -0.3 is 21.3 Å². The van der Waals surface area contributed by atoms with Crippen molar-refractivity contribution in [2.75, 3.05) is 13.1 Å². The Labute approximate surface area is 232 Å². The maximum atomic E-state index is 12.7. The molecule has 0 spiro atoms. The van der Waals surface area contributed by atoms with Crippen molar-refractivity contribution < 1.29 is 19.2 Å². The molecule has 0 saturated heterocycles. The first-order valence-corrected chi connectivity index (χ1v) is 13.6. The van der Waals surface area contributed by atoms with Gasteiger partial charge in [0.15, 0.2) is 0 Å². The van der Waals surface area contributed by atoms with E-state index in [1.165, 1.54) is 0 Å². The van der Waals surface area contributed by atoms with E-state index in [9.17, 15) is 19.2 Å². The van der Waals surface area contributed by atoms with Crippen molar-refractivity contribution in [3.05, 3.63) is 94.6 Å². The molecule has 6 heterocycles. The van der Waals surface area contributed by atoms with Gasteiger partial charge in [0.25, 0.3) is 23.6 Å². The van der Waals surface area contributed by atoms with Crippen molar-refractivity contribution in [1.82, 2.24) is 31.2 Å². The second-order valence-corrected chi connectivity index (χ2v) is 10.3. The SMILES string of the molecule is O=C1NCc2ccc(cc2)CNC(=O)c2cccc(n2)C(=O)NCC2CCC(CC2)CNC(=O)c2cccc1n2. The number of nitrogens with one attached hydrogen (secondary N) is 4. The summed E-state index contributed by atoms with van der Waals surface area (Å²) in [4.78, 5) is 59.4. The molecule has 2 aromatic heterocycles. The predicted octanol–water partition coefficient (Wildman–Crippen LogP) is 2.62. The van der Waals surface area contributed by atoms with Gasteiger partial charge in [-0.25, -0.2) is 9.97 Å². The average Bonchev–Trinajstić information content (AvgIpc) is 3.00. The number of hydrogen-bond acceptors (Lipinski definition) is 6. The van der Waals surface area contributed by atoms with Gasteiger partial charge in [0.2, 0.25) is 0 Å². The second kappa shape index (κ2) is 12.5. The Balaban J connectivity index is 1.31. The Morgan fingerprint density at radius 2 is 0.800 bits per heavy atom. The number of hydrogen-bond donors (Lipinski definition) is 4. The number of amides is 4. The van der Waals surface area contributed by atoms with Gasteiger partial charge in [-0.2, -0.15) is 0 Å². The van der Waals surface area contributed by atoms with E-state index in [1.807, 2.05) is 24.3 Å². The first kappa shape index (κ1) is 27.0. The van der Waals surface area contributed by atoms with E-state index in [2.05, 4.69) is 31.2 Å². The first-order valence-electron chi connectivity index (χ1n) is 13.6. The van der Waals surface area contributed by atoms with E-state index in [-0.39, 0.29) is 59.5 Å². The third-order valence-corrected chi connectivity index (χ3v) is 7.43. The number of rotatable bonds is 0. The number of pyridine rings is 2. The Bertz CT molecular complexity index is 1290. The number of nitrogens with zero attached hydrogens (tertiary/aromatic N) is 2. The fourth-order valence-electron chi connectivity index (χ4n) is 4.99. The summed E-state index contributed by atoms with van der Waals surface area (Å²) in [5.41, 5.74) is 2.49. The number of benzene rings is 1. The molecule has 1 aliphatic carbocycles. The van der Waals surface area contributed by atoms with E-state index in [0.717, 1.165) is 36.8 Å². The van der Waals surface area contributed by atoms with Crippen LogP contribution in [0.2, 0.25) is 0 Å². The molecule has 4 N–H and O–H groups in total. The van der Waals surface area contributed by atoms with Crippen molar-refractivity contribution in [2.45, 2.75) is 38.8 Å². The van der Waals surface area contributed by atoms with Crippen LogP contribution in [0.25, 0.3) is 0 Å². The van der Waals surface area contributed by atoms with Crippen molar-refractivity contribution in [3.63, 3.8) is 0 Å². The van der Waals surface area contributed by atoms with Crippen LogP contribution in [-0.4, -0.2) is 46.7 Å². The first-order chi connectivity index (χ1) is 19.4. The minimum Gasteiger partial charge on any atom is -0.350 e. The molecule has 8 rings (SSSR count). The van der Waals surface area contributed by atoms with Crippen LogP contribution >= 0.6 is 0 Å². The zero-order valence-corrected chi connectivity index (χ0v) is 22.1. The fourth-order valence-corrected chi connectivity index (χ4v) is 4.99. The molecule has 8 bridgehead atoms. The van der Waals surface area contributed by atoms with Crippen LogP contribution in [-0.2, 0) is 13.1 Å². The van der Waals surface area contributed by atoms with Crippen LogP contribution in [0.15, 0.2) is 60.7 Å². The maximum Gasteiger partial charge on any atom is 0.270 e. The Hall–Kier alpha value is -4.60. The molecule has 5 aliphatic rings. The number of carbonyl (C=O) groups excluding carboxylic acids is 4. The van der Waals surface area contributed by atoms with E-state index in [0.29, 0.717) is 24.9 Å². The lowest BCUT2D eigenvalue weighted by molar-refractivity contribution is 0.0912. The molecule has 4 aliphatic heterocycles. The van der Waals surface area contributed by atoms with E-state index in [1.54, 1.807) is 36.4 Å². The number of carbonyl (C=O) groups is 4.